The number of esters is 1. The number of hydrogen-bond donors (Lipinski definition) is 0. The zero-order valence-electron chi connectivity index (χ0n) is 10.8. The van der Waals surface area contributed by atoms with Crippen LogP contribution in [-0.2, 0) is 20.9 Å². The molecule has 0 amide bonds. The first kappa shape index (κ1) is 14.7. The molecular weight excluding hydrogens is 386 g/mol. The Bertz CT molecular complexity index is 500. The molecule has 2 heterocycles. The van der Waals surface area contributed by atoms with E-state index in [1.54, 1.807) is 11.8 Å². The lowest BCUT2D eigenvalue weighted by Crippen LogP contribution is -2.40. The van der Waals surface area contributed by atoms with Gasteiger partial charge in [-0.2, -0.15) is 11.8 Å². The summed E-state index contributed by atoms with van der Waals surface area (Å²) in [6.07, 6.45) is 0.282. The van der Waals surface area contributed by atoms with Crippen LogP contribution in [0.25, 0.3) is 0 Å². The van der Waals surface area contributed by atoms with Crippen molar-refractivity contribution in [2.45, 2.75) is 33.8 Å². The van der Waals surface area contributed by atoms with E-state index in [0.717, 1.165) is 11.3 Å². The molecule has 3 nitrogen and oxygen atoms in total. The number of hydrogen-bond acceptors (Lipinski definition) is 4. The van der Waals surface area contributed by atoms with E-state index in [4.69, 9.17) is 17.3 Å². The second-order valence-corrected chi connectivity index (χ2v) is 7.66. The van der Waals surface area contributed by atoms with Crippen molar-refractivity contribution in [2.24, 2.45) is 0 Å². The zero-order valence-corrected chi connectivity index (χ0v) is 13.8. The molecule has 6 heteroatoms. The van der Waals surface area contributed by atoms with Gasteiger partial charge in [0.15, 0.2) is 0 Å². The number of ether oxygens (including phenoxy) is 2. The van der Waals surface area contributed by atoms with Gasteiger partial charge in [0, 0.05) is 17.0 Å². The van der Waals surface area contributed by atoms with Crippen molar-refractivity contribution < 1.29 is 14.3 Å². The molecule has 1 aromatic rings. The summed E-state index contributed by atoms with van der Waals surface area (Å²) < 4.78 is 11.4. The third kappa shape index (κ3) is 2.74. The molecule has 104 valence electrons. The number of carbonyl (C=O) groups is 1. The molecule has 2 bridgehead atoms. The van der Waals surface area contributed by atoms with Gasteiger partial charge in [-0.3, -0.25) is 4.79 Å². The summed E-state index contributed by atoms with van der Waals surface area (Å²) in [6.45, 7) is 0.310. The molecule has 3 rings (SSSR count). The van der Waals surface area contributed by atoms with Gasteiger partial charge in [-0.05, 0) is 5.56 Å². The van der Waals surface area contributed by atoms with Crippen molar-refractivity contribution in [1.82, 2.24) is 0 Å². The van der Waals surface area contributed by atoms with Gasteiger partial charge in [0.1, 0.15) is 14.5 Å². The van der Waals surface area contributed by atoms with E-state index in [1.165, 1.54) is 0 Å². The van der Waals surface area contributed by atoms with Crippen LogP contribution in [0.3, 0.4) is 0 Å². The van der Waals surface area contributed by atoms with Gasteiger partial charge >= 0.3 is 5.97 Å². The standard InChI is InChI=1S/C14H14BIO3S/c15-13-11-12(16)14(19-13,8-20-11)6-10(17)18-7-9-4-2-1-3-5-9/h1-5,11-13H,6-8H2/t11?,12?,13-,14-/m1/s1. The van der Waals surface area contributed by atoms with E-state index in [2.05, 4.69) is 22.6 Å². The Labute approximate surface area is 137 Å². The van der Waals surface area contributed by atoms with Crippen molar-refractivity contribution >= 4 is 48.2 Å². The van der Waals surface area contributed by atoms with Crippen molar-refractivity contribution in [3.8, 4) is 0 Å². The average Bonchev–Trinajstić information content (AvgIpc) is 2.86. The van der Waals surface area contributed by atoms with Gasteiger partial charge in [-0.25, -0.2) is 0 Å². The molecule has 2 aliphatic rings. The molecule has 0 N–H and O–H groups in total. The van der Waals surface area contributed by atoms with E-state index in [0.29, 0.717) is 6.61 Å². The third-order valence-corrected chi connectivity index (χ3v) is 7.67. The van der Waals surface area contributed by atoms with Gasteiger partial charge < -0.3 is 9.47 Å². The van der Waals surface area contributed by atoms with Crippen LogP contribution >= 0.6 is 34.4 Å². The maximum Gasteiger partial charge on any atom is 0.309 e. The van der Waals surface area contributed by atoms with Crippen molar-refractivity contribution in [3.63, 3.8) is 0 Å². The fourth-order valence-electron chi connectivity index (χ4n) is 2.62. The average molecular weight is 400 g/mol. The number of rotatable bonds is 4. The smallest absolute Gasteiger partial charge is 0.309 e. The number of thioether (sulfide) groups is 1. The highest BCUT2D eigenvalue weighted by Gasteiger charge is 2.58. The molecule has 4 atom stereocenters. The SMILES string of the molecule is [B][C@@H]1O[C@]2(CC(=O)OCc3ccccc3)CSC1C2I. The van der Waals surface area contributed by atoms with Crippen LogP contribution in [0.15, 0.2) is 30.3 Å². The van der Waals surface area contributed by atoms with Crippen LogP contribution < -0.4 is 0 Å². The lowest BCUT2D eigenvalue weighted by molar-refractivity contribution is -0.150. The van der Waals surface area contributed by atoms with E-state index in [-0.39, 0.29) is 27.6 Å². The van der Waals surface area contributed by atoms with Crippen LogP contribution in [0, 0.1) is 0 Å². The summed E-state index contributed by atoms with van der Waals surface area (Å²) in [6, 6.07) is 9.42. The fourth-order valence-corrected chi connectivity index (χ4v) is 6.03. The first-order chi connectivity index (χ1) is 9.61. The largest absolute Gasteiger partial charge is 0.461 e. The molecule has 0 aromatic heterocycles. The maximum absolute atomic E-state index is 12.1. The normalized spacial score (nSPS) is 35.1. The number of fused-ring (bicyclic) bond motifs is 2. The van der Waals surface area contributed by atoms with Crippen molar-refractivity contribution in [2.75, 3.05) is 5.75 Å². The Morgan fingerprint density at radius 3 is 2.85 bits per heavy atom. The molecule has 20 heavy (non-hydrogen) atoms. The van der Waals surface area contributed by atoms with Crippen LogP contribution in [-0.4, -0.2) is 40.3 Å². The monoisotopic (exact) mass is 400 g/mol. The van der Waals surface area contributed by atoms with Crippen LogP contribution in [0.5, 0.6) is 0 Å². The first-order valence-corrected chi connectivity index (χ1v) is 8.79. The molecule has 2 aliphatic heterocycles. The van der Waals surface area contributed by atoms with E-state index < -0.39 is 5.60 Å². The van der Waals surface area contributed by atoms with Crippen LogP contribution in [0.2, 0.25) is 0 Å². The lowest BCUT2D eigenvalue weighted by atomic mass is 9.94. The summed E-state index contributed by atoms with van der Waals surface area (Å²) >= 11 is 4.15. The molecule has 0 saturated carbocycles. The lowest BCUT2D eigenvalue weighted by Gasteiger charge is -2.29. The highest BCUT2D eigenvalue weighted by Crippen LogP contribution is 2.52. The minimum absolute atomic E-state index is 0.217. The Kier molecular flexibility index (Phi) is 4.33. The zero-order chi connectivity index (χ0) is 14.2. The molecular formula is C14H14BIO3S. The van der Waals surface area contributed by atoms with Gasteiger partial charge in [-0.1, -0.05) is 52.9 Å². The summed E-state index contributed by atoms with van der Waals surface area (Å²) in [5, 5.41) is 0.289. The molecule has 2 radical (unpaired) electrons. The van der Waals surface area contributed by atoms with E-state index >= 15 is 0 Å². The number of alkyl halides is 1. The molecule has 2 saturated heterocycles. The second kappa shape index (κ2) is 5.89. The minimum atomic E-state index is -0.441. The highest BCUT2D eigenvalue weighted by molar-refractivity contribution is 14.1. The van der Waals surface area contributed by atoms with Gasteiger partial charge in [0.25, 0.3) is 0 Å². The van der Waals surface area contributed by atoms with E-state index in [1.807, 2.05) is 30.3 Å². The van der Waals surface area contributed by atoms with Gasteiger partial charge in [0.2, 0.25) is 0 Å². The molecule has 2 fully saturated rings. The van der Waals surface area contributed by atoms with Crippen LogP contribution in [0.4, 0.5) is 0 Å². The quantitative estimate of drug-likeness (QED) is 0.337. The Morgan fingerprint density at radius 1 is 1.50 bits per heavy atom. The maximum atomic E-state index is 12.1. The number of halogens is 1. The second-order valence-electron chi connectivity index (χ2n) is 5.15. The first-order valence-electron chi connectivity index (χ1n) is 6.49. The Hall–Kier alpha value is -0.205. The Balaban J connectivity index is 1.57. The summed E-state index contributed by atoms with van der Waals surface area (Å²) in [5.41, 5.74) is 0.551. The number of carbonyl (C=O) groups excluding carboxylic acids is 1. The molecule has 1 aromatic carbocycles. The summed E-state index contributed by atoms with van der Waals surface area (Å²) in [4.78, 5) is 12.1. The summed E-state index contributed by atoms with van der Waals surface area (Å²) in [5.74, 6) is 0.602. The predicted octanol–water partition coefficient (Wildman–Crippen LogP) is 2.30. The Morgan fingerprint density at radius 2 is 2.25 bits per heavy atom. The molecule has 0 spiro atoms. The van der Waals surface area contributed by atoms with Gasteiger partial charge in [0.05, 0.1) is 15.9 Å². The molecule has 2 unspecified atom stereocenters. The third-order valence-electron chi connectivity index (χ3n) is 3.69. The summed E-state index contributed by atoms with van der Waals surface area (Å²) in [7, 11) is 5.94. The number of benzene rings is 1. The van der Waals surface area contributed by atoms with Gasteiger partial charge in [-0.15, -0.1) is 0 Å². The topological polar surface area (TPSA) is 35.5 Å². The minimum Gasteiger partial charge on any atom is -0.461 e. The molecule has 0 aliphatic carbocycles. The van der Waals surface area contributed by atoms with E-state index in [9.17, 15) is 4.79 Å². The van der Waals surface area contributed by atoms with Crippen LogP contribution in [0.1, 0.15) is 12.0 Å². The fraction of sp³-hybridized carbons (Fsp3) is 0.500. The van der Waals surface area contributed by atoms with Crippen molar-refractivity contribution in [1.29, 1.82) is 0 Å². The highest BCUT2D eigenvalue weighted by atomic mass is 127. The van der Waals surface area contributed by atoms with Crippen molar-refractivity contribution in [3.05, 3.63) is 35.9 Å². The predicted molar refractivity (Wildman–Crippen MR) is 88.3 cm³/mol.